The van der Waals surface area contributed by atoms with Crippen molar-refractivity contribution in [3.8, 4) is 0 Å². The van der Waals surface area contributed by atoms with Gasteiger partial charge in [-0.15, -0.1) is 4.70 Å². The Labute approximate surface area is 101 Å². The van der Waals surface area contributed by atoms with Gasteiger partial charge in [-0.2, -0.15) is 11.7 Å². The van der Waals surface area contributed by atoms with E-state index in [0.29, 0.717) is 25.0 Å². The molecule has 5 nitrogen and oxygen atoms in total. The minimum atomic E-state index is -0.379. The van der Waals surface area contributed by atoms with Crippen molar-refractivity contribution >= 4 is 0 Å². The van der Waals surface area contributed by atoms with Crippen LogP contribution in [0.25, 0.3) is 0 Å². The summed E-state index contributed by atoms with van der Waals surface area (Å²) in [6.45, 7) is 0. The van der Waals surface area contributed by atoms with Crippen molar-refractivity contribution in [3.05, 3.63) is 35.8 Å². The van der Waals surface area contributed by atoms with Crippen LogP contribution in [0.15, 0.2) is 35.8 Å². The maximum absolute atomic E-state index is 9.41. The van der Waals surface area contributed by atoms with Gasteiger partial charge >= 0.3 is 0 Å². The van der Waals surface area contributed by atoms with Crippen molar-refractivity contribution in [3.63, 3.8) is 0 Å². The van der Waals surface area contributed by atoms with Gasteiger partial charge in [-0.1, -0.05) is 6.08 Å². The van der Waals surface area contributed by atoms with E-state index in [9.17, 15) is 10.2 Å². The SMILES string of the molecule is N[N+](N)(C1=CC=C(O)CC1)C1C=CC(O)CC1. The summed E-state index contributed by atoms with van der Waals surface area (Å²) in [7, 11) is 0. The number of rotatable bonds is 2. The Balaban J connectivity index is 2.16. The zero-order valence-electron chi connectivity index (χ0n) is 9.79. The molecule has 5 heteroatoms. The number of aliphatic hydroxyl groups is 2. The minimum absolute atomic E-state index is 0.0155. The van der Waals surface area contributed by atoms with E-state index in [1.54, 1.807) is 18.2 Å². The van der Waals surface area contributed by atoms with Gasteiger partial charge in [-0.05, 0) is 18.6 Å². The smallest absolute Gasteiger partial charge is 0.148 e. The van der Waals surface area contributed by atoms with Crippen LogP contribution in [0.3, 0.4) is 0 Å². The van der Waals surface area contributed by atoms with E-state index in [2.05, 4.69) is 0 Å². The van der Waals surface area contributed by atoms with Crippen LogP contribution in [0.1, 0.15) is 25.7 Å². The van der Waals surface area contributed by atoms with Gasteiger partial charge in [0.05, 0.1) is 11.9 Å². The summed E-state index contributed by atoms with van der Waals surface area (Å²) in [5.41, 5.74) is 0.897. The monoisotopic (exact) mass is 238 g/mol. The van der Waals surface area contributed by atoms with Crippen molar-refractivity contribution in [1.29, 1.82) is 0 Å². The highest BCUT2D eigenvalue weighted by Crippen LogP contribution is 2.27. The molecule has 2 aliphatic rings. The average Bonchev–Trinajstić information content (AvgIpc) is 2.30. The molecule has 0 radical (unpaired) electrons. The summed E-state index contributed by atoms with van der Waals surface area (Å²) in [6, 6.07) is -0.0155. The highest BCUT2D eigenvalue weighted by molar-refractivity contribution is 5.17. The maximum Gasteiger partial charge on any atom is 0.148 e. The third kappa shape index (κ3) is 2.58. The standard InChI is InChI=1S/C12H19N3O2/c13-15(14,9-1-5-11(16)6-2-9)10-3-7-12(17)8-4-10/h1,3,5,7,9,11,16H,2,4,6,8,13-14H2/p+1. The Morgan fingerprint density at radius 3 is 2.41 bits per heavy atom. The molecule has 0 bridgehead atoms. The van der Waals surface area contributed by atoms with E-state index in [1.165, 1.54) is 0 Å². The van der Waals surface area contributed by atoms with Crippen LogP contribution in [0, 0.1) is 0 Å². The van der Waals surface area contributed by atoms with Crippen LogP contribution in [-0.2, 0) is 0 Å². The summed E-state index contributed by atoms with van der Waals surface area (Å²) in [5.74, 6) is 12.7. The molecule has 0 heterocycles. The summed E-state index contributed by atoms with van der Waals surface area (Å²) < 4.78 is -0.174. The van der Waals surface area contributed by atoms with Gasteiger partial charge in [0.2, 0.25) is 0 Å². The average molecular weight is 238 g/mol. The van der Waals surface area contributed by atoms with Gasteiger partial charge in [0, 0.05) is 25.3 Å². The molecule has 2 atom stereocenters. The highest BCUT2D eigenvalue weighted by Gasteiger charge is 2.36. The van der Waals surface area contributed by atoms with Crippen LogP contribution in [0.2, 0.25) is 0 Å². The fraction of sp³-hybridized carbons (Fsp3) is 0.500. The lowest BCUT2D eigenvalue weighted by Gasteiger charge is -2.37. The van der Waals surface area contributed by atoms with Gasteiger partial charge in [0.25, 0.3) is 0 Å². The van der Waals surface area contributed by atoms with Crippen molar-refractivity contribution in [1.82, 2.24) is 0 Å². The second kappa shape index (κ2) is 4.62. The second-order valence-electron chi connectivity index (χ2n) is 4.75. The molecule has 0 fully saturated rings. The predicted octanol–water partition coefficient (Wildman–Crippen LogP) is 0.750. The fourth-order valence-corrected chi connectivity index (χ4v) is 2.30. The van der Waals surface area contributed by atoms with E-state index in [-0.39, 0.29) is 16.8 Å². The molecular formula is C12H20N3O2+. The first kappa shape index (κ1) is 12.3. The number of hydrogen-bond acceptors (Lipinski definition) is 4. The fourth-order valence-electron chi connectivity index (χ4n) is 2.30. The Hall–Kier alpha value is -1.14. The van der Waals surface area contributed by atoms with Crippen molar-refractivity contribution in [2.24, 2.45) is 11.7 Å². The molecule has 17 heavy (non-hydrogen) atoms. The number of hydrogen-bond donors (Lipinski definition) is 4. The molecular weight excluding hydrogens is 218 g/mol. The lowest BCUT2D eigenvalue weighted by molar-refractivity contribution is -0.935. The third-order valence-electron chi connectivity index (χ3n) is 3.47. The molecule has 0 amide bonds. The third-order valence-corrected chi connectivity index (χ3v) is 3.47. The normalized spacial score (nSPS) is 29.8. The largest absolute Gasteiger partial charge is 0.512 e. The molecule has 0 saturated heterocycles. The number of quaternary nitrogens is 1. The first-order valence-corrected chi connectivity index (χ1v) is 5.91. The molecule has 0 aromatic heterocycles. The van der Waals surface area contributed by atoms with Gasteiger partial charge in [0.1, 0.15) is 11.7 Å². The lowest BCUT2D eigenvalue weighted by atomic mass is 9.98. The number of nitrogens with two attached hydrogens (primary N) is 2. The van der Waals surface area contributed by atoms with Gasteiger partial charge < -0.3 is 10.2 Å². The van der Waals surface area contributed by atoms with Crippen LogP contribution in [0.5, 0.6) is 0 Å². The molecule has 0 aromatic carbocycles. The quantitative estimate of drug-likeness (QED) is 0.247. The van der Waals surface area contributed by atoms with E-state index < -0.39 is 0 Å². The van der Waals surface area contributed by atoms with Crippen molar-refractivity contribution in [2.45, 2.75) is 37.8 Å². The van der Waals surface area contributed by atoms with Crippen LogP contribution < -0.4 is 11.7 Å². The lowest BCUT2D eigenvalue weighted by Crippen LogP contribution is -2.65. The van der Waals surface area contributed by atoms with Gasteiger partial charge in [-0.25, -0.2) is 0 Å². The van der Waals surface area contributed by atoms with E-state index in [1.807, 2.05) is 6.08 Å². The van der Waals surface area contributed by atoms with Crippen molar-refractivity contribution in [2.75, 3.05) is 0 Å². The number of nitrogens with zero attached hydrogens (tertiary/aromatic N) is 1. The Morgan fingerprint density at radius 2 is 1.88 bits per heavy atom. The maximum atomic E-state index is 9.41. The molecule has 0 aliphatic heterocycles. The summed E-state index contributed by atoms with van der Waals surface area (Å²) in [5, 5.41) is 18.7. The Bertz CT molecular complexity index is 385. The zero-order valence-corrected chi connectivity index (χ0v) is 9.79. The number of aliphatic hydroxyl groups excluding tert-OH is 2. The molecule has 0 spiro atoms. The van der Waals surface area contributed by atoms with E-state index in [0.717, 1.165) is 12.1 Å². The number of allylic oxidation sites excluding steroid dienone is 4. The second-order valence-corrected chi connectivity index (χ2v) is 4.75. The summed E-state index contributed by atoms with van der Waals surface area (Å²) in [4.78, 5) is 0. The summed E-state index contributed by atoms with van der Waals surface area (Å²) in [6.07, 6.45) is 9.38. The Kier molecular flexibility index (Phi) is 3.35. The topological polar surface area (TPSA) is 92.5 Å². The van der Waals surface area contributed by atoms with Crippen LogP contribution in [0.4, 0.5) is 0 Å². The van der Waals surface area contributed by atoms with Gasteiger partial charge in [-0.3, -0.25) is 0 Å². The molecule has 94 valence electrons. The molecule has 6 N–H and O–H groups in total. The molecule has 2 unspecified atom stereocenters. The minimum Gasteiger partial charge on any atom is -0.512 e. The highest BCUT2D eigenvalue weighted by atomic mass is 16.3. The van der Waals surface area contributed by atoms with Gasteiger partial charge in [0.15, 0.2) is 0 Å². The predicted molar refractivity (Wildman–Crippen MR) is 64.8 cm³/mol. The first-order valence-electron chi connectivity index (χ1n) is 5.91. The Morgan fingerprint density at radius 1 is 1.12 bits per heavy atom. The van der Waals surface area contributed by atoms with Crippen molar-refractivity contribution < 1.29 is 14.9 Å². The molecule has 0 aromatic rings. The van der Waals surface area contributed by atoms with E-state index >= 15 is 0 Å². The molecule has 2 rings (SSSR count). The zero-order chi connectivity index (χ0) is 12.5. The first-order chi connectivity index (χ1) is 8.00. The molecule has 0 saturated carbocycles. The van der Waals surface area contributed by atoms with E-state index in [4.69, 9.17) is 11.7 Å². The van der Waals surface area contributed by atoms with Crippen LogP contribution >= 0.6 is 0 Å². The molecule has 2 aliphatic carbocycles. The van der Waals surface area contributed by atoms with Crippen LogP contribution in [-0.4, -0.2) is 27.1 Å². The summed E-state index contributed by atoms with van der Waals surface area (Å²) >= 11 is 0.